The second kappa shape index (κ2) is 6.70. The normalized spacial score (nSPS) is 11.0. The maximum atomic E-state index is 12.6. The molecule has 0 bridgehead atoms. The summed E-state index contributed by atoms with van der Waals surface area (Å²) in [4.78, 5) is 23.6. The van der Waals surface area contributed by atoms with Crippen molar-refractivity contribution in [2.24, 2.45) is 0 Å². The molecular formula is C15H10ClF3N2O2. The molecule has 0 fully saturated rings. The fourth-order valence-electron chi connectivity index (χ4n) is 1.75. The number of imide groups is 1. The second-order valence-corrected chi connectivity index (χ2v) is 4.87. The zero-order valence-corrected chi connectivity index (χ0v) is 12.2. The molecular weight excluding hydrogens is 333 g/mol. The number of carbonyl (C=O) groups excluding carboxylic acids is 2. The lowest BCUT2D eigenvalue weighted by molar-refractivity contribution is -0.137. The average Bonchev–Trinajstić information content (AvgIpc) is 2.46. The summed E-state index contributed by atoms with van der Waals surface area (Å²) < 4.78 is 37.8. The van der Waals surface area contributed by atoms with Crippen molar-refractivity contribution in [1.82, 2.24) is 5.32 Å². The Hall–Kier alpha value is -2.54. The molecule has 0 saturated carbocycles. The van der Waals surface area contributed by atoms with Crippen LogP contribution in [0.4, 0.5) is 23.7 Å². The lowest BCUT2D eigenvalue weighted by Gasteiger charge is -2.10. The highest BCUT2D eigenvalue weighted by atomic mass is 35.5. The third kappa shape index (κ3) is 4.46. The molecule has 0 spiro atoms. The zero-order valence-electron chi connectivity index (χ0n) is 11.4. The Kier molecular flexibility index (Phi) is 4.90. The summed E-state index contributed by atoms with van der Waals surface area (Å²) in [5.74, 6) is -0.764. The molecule has 4 nitrogen and oxygen atoms in total. The number of nitrogens with one attached hydrogen (secondary N) is 2. The predicted octanol–water partition coefficient (Wildman–Crippen LogP) is 4.32. The topological polar surface area (TPSA) is 58.2 Å². The van der Waals surface area contributed by atoms with Gasteiger partial charge in [0.2, 0.25) is 0 Å². The number of alkyl halides is 3. The Morgan fingerprint density at radius 1 is 1.00 bits per heavy atom. The molecule has 0 atom stereocenters. The van der Waals surface area contributed by atoms with E-state index in [1.54, 1.807) is 12.1 Å². The number of urea groups is 1. The lowest BCUT2D eigenvalue weighted by atomic mass is 10.2. The van der Waals surface area contributed by atoms with Crippen LogP contribution in [-0.2, 0) is 6.18 Å². The predicted molar refractivity (Wildman–Crippen MR) is 79.4 cm³/mol. The van der Waals surface area contributed by atoms with Crippen molar-refractivity contribution in [3.05, 3.63) is 64.7 Å². The van der Waals surface area contributed by atoms with Crippen molar-refractivity contribution in [3.8, 4) is 0 Å². The number of amides is 3. The highest BCUT2D eigenvalue weighted by Gasteiger charge is 2.30. The van der Waals surface area contributed by atoms with Crippen LogP contribution in [0.3, 0.4) is 0 Å². The van der Waals surface area contributed by atoms with Crippen LogP contribution in [-0.4, -0.2) is 11.9 Å². The quantitative estimate of drug-likeness (QED) is 0.854. The number of hydrogen-bond acceptors (Lipinski definition) is 2. The summed E-state index contributed by atoms with van der Waals surface area (Å²) in [7, 11) is 0. The molecule has 0 aliphatic rings. The molecule has 0 aliphatic carbocycles. The summed E-state index contributed by atoms with van der Waals surface area (Å²) in [6, 6.07) is 9.15. The van der Waals surface area contributed by atoms with Gasteiger partial charge in [0.15, 0.2) is 0 Å². The largest absolute Gasteiger partial charge is 0.416 e. The maximum absolute atomic E-state index is 12.6. The van der Waals surface area contributed by atoms with Gasteiger partial charge in [-0.25, -0.2) is 4.79 Å². The average molecular weight is 343 g/mol. The highest BCUT2D eigenvalue weighted by molar-refractivity contribution is 6.34. The van der Waals surface area contributed by atoms with Crippen LogP contribution < -0.4 is 10.6 Å². The van der Waals surface area contributed by atoms with Gasteiger partial charge in [0.25, 0.3) is 5.91 Å². The van der Waals surface area contributed by atoms with Crippen molar-refractivity contribution in [3.63, 3.8) is 0 Å². The van der Waals surface area contributed by atoms with Crippen molar-refractivity contribution in [2.75, 3.05) is 5.32 Å². The van der Waals surface area contributed by atoms with Crippen molar-refractivity contribution >= 4 is 29.2 Å². The monoisotopic (exact) mass is 342 g/mol. The van der Waals surface area contributed by atoms with Crippen LogP contribution in [0.1, 0.15) is 15.9 Å². The molecule has 23 heavy (non-hydrogen) atoms. The van der Waals surface area contributed by atoms with Gasteiger partial charge in [0, 0.05) is 5.69 Å². The van der Waals surface area contributed by atoms with Gasteiger partial charge in [-0.2, -0.15) is 13.2 Å². The van der Waals surface area contributed by atoms with Gasteiger partial charge >= 0.3 is 12.2 Å². The Bertz CT molecular complexity index is 747. The molecule has 0 unspecified atom stereocenters. The van der Waals surface area contributed by atoms with E-state index in [9.17, 15) is 22.8 Å². The lowest BCUT2D eigenvalue weighted by Crippen LogP contribution is -2.34. The summed E-state index contributed by atoms with van der Waals surface area (Å²) in [5, 5.41) is 4.30. The third-order valence-corrected chi connectivity index (χ3v) is 3.12. The van der Waals surface area contributed by atoms with Crippen LogP contribution >= 0.6 is 11.6 Å². The van der Waals surface area contributed by atoms with Crippen LogP contribution in [0.5, 0.6) is 0 Å². The van der Waals surface area contributed by atoms with E-state index in [0.717, 1.165) is 18.2 Å². The van der Waals surface area contributed by atoms with Crippen molar-refractivity contribution in [1.29, 1.82) is 0 Å². The minimum absolute atomic E-state index is 0.0772. The second-order valence-electron chi connectivity index (χ2n) is 4.47. The molecule has 8 heteroatoms. The Morgan fingerprint density at radius 2 is 1.70 bits per heavy atom. The maximum Gasteiger partial charge on any atom is 0.416 e. The van der Waals surface area contributed by atoms with Crippen molar-refractivity contribution < 1.29 is 22.8 Å². The molecule has 2 N–H and O–H groups in total. The van der Waals surface area contributed by atoms with Gasteiger partial charge in [-0.05, 0) is 30.3 Å². The molecule has 2 aromatic rings. The molecule has 120 valence electrons. The summed E-state index contributed by atoms with van der Waals surface area (Å²) in [6.07, 6.45) is -4.53. The molecule has 0 saturated heterocycles. The summed E-state index contributed by atoms with van der Waals surface area (Å²) >= 11 is 5.82. The minimum atomic E-state index is -4.53. The minimum Gasteiger partial charge on any atom is -0.308 e. The first-order valence-electron chi connectivity index (χ1n) is 6.31. The molecule has 3 amide bonds. The summed E-state index contributed by atoms with van der Waals surface area (Å²) in [6.45, 7) is 0. The SMILES string of the molecule is O=C(NC(=O)c1ccccc1Cl)Nc1cccc(C(F)(F)F)c1. The van der Waals surface area contributed by atoms with E-state index in [2.05, 4.69) is 5.32 Å². The number of rotatable bonds is 2. The molecule has 0 radical (unpaired) electrons. The van der Waals surface area contributed by atoms with Crippen LogP contribution in [0, 0.1) is 0 Å². The first kappa shape index (κ1) is 16.8. The smallest absolute Gasteiger partial charge is 0.308 e. The van der Waals surface area contributed by atoms with Gasteiger partial charge in [0.1, 0.15) is 0 Å². The Labute approximate surface area is 134 Å². The first-order chi connectivity index (χ1) is 10.8. The third-order valence-electron chi connectivity index (χ3n) is 2.79. The van der Waals surface area contributed by atoms with E-state index in [4.69, 9.17) is 11.6 Å². The fourth-order valence-corrected chi connectivity index (χ4v) is 1.97. The van der Waals surface area contributed by atoms with Gasteiger partial charge < -0.3 is 5.32 Å². The van der Waals surface area contributed by atoms with E-state index >= 15 is 0 Å². The standard InChI is InChI=1S/C15H10ClF3N2O2/c16-12-7-2-1-6-11(12)13(22)21-14(23)20-10-5-3-4-9(8-10)15(17,18)19/h1-8H,(H2,20,21,22,23). The molecule has 0 heterocycles. The molecule has 2 rings (SSSR count). The molecule has 0 aliphatic heterocycles. The van der Waals surface area contributed by atoms with Gasteiger partial charge in [0.05, 0.1) is 16.1 Å². The number of carbonyl (C=O) groups is 2. The van der Waals surface area contributed by atoms with E-state index in [0.29, 0.717) is 0 Å². The first-order valence-corrected chi connectivity index (χ1v) is 6.69. The number of anilines is 1. The summed E-state index contributed by atoms with van der Waals surface area (Å²) in [5.41, 5.74) is -0.926. The zero-order chi connectivity index (χ0) is 17.0. The van der Waals surface area contributed by atoms with E-state index in [-0.39, 0.29) is 16.3 Å². The fraction of sp³-hybridized carbons (Fsp3) is 0.0667. The van der Waals surface area contributed by atoms with E-state index in [1.807, 2.05) is 5.32 Å². The van der Waals surface area contributed by atoms with E-state index in [1.165, 1.54) is 18.2 Å². The van der Waals surface area contributed by atoms with Gasteiger partial charge in [-0.15, -0.1) is 0 Å². The number of hydrogen-bond donors (Lipinski definition) is 2. The van der Waals surface area contributed by atoms with Crippen LogP contribution in [0.2, 0.25) is 5.02 Å². The van der Waals surface area contributed by atoms with Crippen LogP contribution in [0.25, 0.3) is 0 Å². The van der Waals surface area contributed by atoms with Crippen LogP contribution in [0.15, 0.2) is 48.5 Å². The van der Waals surface area contributed by atoms with Gasteiger partial charge in [-0.3, -0.25) is 10.1 Å². The Morgan fingerprint density at radius 3 is 2.35 bits per heavy atom. The van der Waals surface area contributed by atoms with Crippen molar-refractivity contribution in [2.45, 2.75) is 6.18 Å². The molecule has 0 aromatic heterocycles. The Balaban J connectivity index is 2.06. The highest BCUT2D eigenvalue weighted by Crippen LogP contribution is 2.30. The van der Waals surface area contributed by atoms with E-state index < -0.39 is 23.7 Å². The number of benzene rings is 2. The molecule has 2 aromatic carbocycles. The van der Waals surface area contributed by atoms with Gasteiger partial charge in [-0.1, -0.05) is 29.8 Å². The number of halogens is 4.